The SMILES string of the molecule is CN(C1CCNCC1)S(=O)(=O)c1cc(C(=O)O)ccc1Br. The van der Waals surface area contributed by atoms with Crippen molar-refractivity contribution in [1.29, 1.82) is 0 Å². The lowest BCUT2D eigenvalue weighted by Gasteiger charge is -2.31. The van der Waals surface area contributed by atoms with Gasteiger partial charge >= 0.3 is 5.97 Å². The summed E-state index contributed by atoms with van der Waals surface area (Å²) in [6.45, 7) is 1.56. The van der Waals surface area contributed by atoms with E-state index in [0.717, 1.165) is 25.9 Å². The summed E-state index contributed by atoms with van der Waals surface area (Å²) in [5.41, 5.74) is -0.0458. The molecule has 8 heteroatoms. The fourth-order valence-electron chi connectivity index (χ4n) is 2.36. The molecule has 0 spiro atoms. The van der Waals surface area contributed by atoms with Gasteiger partial charge in [0.15, 0.2) is 0 Å². The number of carbonyl (C=O) groups is 1. The Morgan fingerprint density at radius 1 is 1.38 bits per heavy atom. The van der Waals surface area contributed by atoms with Crippen molar-refractivity contribution < 1.29 is 18.3 Å². The molecule has 6 nitrogen and oxygen atoms in total. The van der Waals surface area contributed by atoms with Crippen LogP contribution in [0.4, 0.5) is 0 Å². The van der Waals surface area contributed by atoms with Gasteiger partial charge in [-0.3, -0.25) is 0 Å². The van der Waals surface area contributed by atoms with Crippen molar-refractivity contribution in [2.75, 3.05) is 20.1 Å². The van der Waals surface area contributed by atoms with Crippen LogP contribution in [0.5, 0.6) is 0 Å². The zero-order valence-electron chi connectivity index (χ0n) is 11.5. The van der Waals surface area contributed by atoms with Crippen LogP contribution in [0.3, 0.4) is 0 Å². The summed E-state index contributed by atoms with van der Waals surface area (Å²) >= 11 is 3.20. The summed E-state index contributed by atoms with van der Waals surface area (Å²) in [6.07, 6.45) is 1.48. The van der Waals surface area contributed by atoms with Crippen LogP contribution in [-0.2, 0) is 10.0 Å². The van der Waals surface area contributed by atoms with E-state index in [0.29, 0.717) is 4.47 Å². The van der Waals surface area contributed by atoms with Crippen molar-refractivity contribution in [3.05, 3.63) is 28.2 Å². The molecular formula is C13H17BrN2O4S. The number of carboxylic acid groups (broad SMARTS) is 1. The highest BCUT2D eigenvalue weighted by molar-refractivity contribution is 9.10. The normalized spacial score (nSPS) is 17.1. The van der Waals surface area contributed by atoms with Crippen molar-refractivity contribution in [3.8, 4) is 0 Å². The van der Waals surface area contributed by atoms with E-state index < -0.39 is 16.0 Å². The summed E-state index contributed by atoms with van der Waals surface area (Å²) in [7, 11) is -2.18. The highest BCUT2D eigenvalue weighted by atomic mass is 79.9. The molecule has 0 radical (unpaired) electrons. The molecule has 0 atom stereocenters. The number of nitrogens with one attached hydrogen (secondary N) is 1. The maximum absolute atomic E-state index is 12.7. The Kier molecular flexibility index (Phi) is 5.03. The Morgan fingerprint density at radius 3 is 2.57 bits per heavy atom. The van der Waals surface area contributed by atoms with E-state index in [1.165, 1.54) is 22.5 Å². The number of halogens is 1. The smallest absolute Gasteiger partial charge is 0.335 e. The Bertz CT molecular complexity index is 642. The van der Waals surface area contributed by atoms with E-state index in [1.807, 2.05) is 0 Å². The molecular weight excluding hydrogens is 360 g/mol. The monoisotopic (exact) mass is 376 g/mol. The van der Waals surface area contributed by atoms with Crippen molar-refractivity contribution in [1.82, 2.24) is 9.62 Å². The Labute approximate surface area is 132 Å². The highest BCUT2D eigenvalue weighted by Gasteiger charge is 2.30. The summed E-state index contributed by atoms with van der Waals surface area (Å²) in [4.78, 5) is 11.0. The van der Waals surface area contributed by atoms with Gasteiger partial charge in [0.1, 0.15) is 0 Å². The predicted octanol–water partition coefficient (Wildman–Crippen LogP) is 1.52. The lowest BCUT2D eigenvalue weighted by atomic mass is 10.1. The molecule has 1 aromatic carbocycles. The van der Waals surface area contributed by atoms with Crippen molar-refractivity contribution in [2.45, 2.75) is 23.8 Å². The van der Waals surface area contributed by atoms with Gasteiger partial charge in [-0.1, -0.05) is 0 Å². The second kappa shape index (κ2) is 6.43. The minimum absolute atomic E-state index is 0.0107. The lowest BCUT2D eigenvalue weighted by molar-refractivity contribution is 0.0696. The number of sulfonamides is 1. The topological polar surface area (TPSA) is 86.7 Å². The molecule has 0 unspecified atom stereocenters. The predicted molar refractivity (Wildman–Crippen MR) is 81.9 cm³/mol. The van der Waals surface area contributed by atoms with E-state index in [-0.39, 0.29) is 16.5 Å². The average Bonchev–Trinajstić information content (AvgIpc) is 2.47. The molecule has 0 saturated carbocycles. The largest absolute Gasteiger partial charge is 0.478 e. The Hall–Kier alpha value is -0.960. The fourth-order valence-corrected chi connectivity index (χ4v) is 4.72. The fraction of sp³-hybridized carbons (Fsp3) is 0.462. The molecule has 1 aliphatic heterocycles. The first-order valence-electron chi connectivity index (χ1n) is 6.55. The van der Waals surface area contributed by atoms with Gasteiger partial charge in [-0.2, -0.15) is 4.31 Å². The van der Waals surface area contributed by atoms with Gasteiger partial charge in [0.2, 0.25) is 10.0 Å². The summed E-state index contributed by atoms with van der Waals surface area (Å²) < 4.78 is 27.1. The van der Waals surface area contributed by atoms with Crippen LogP contribution in [-0.4, -0.2) is 50.0 Å². The second-order valence-electron chi connectivity index (χ2n) is 4.95. The molecule has 0 bridgehead atoms. The summed E-state index contributed by atoms with van der Waals surface area (Å²) in [6, 6.07) is 3.94. The number of hydrogen-bond donors (Lipinski definition) is 2. The van der Waals surface area contributed by atoms with Crippen LogP contribution in [0.2, 0.25) is 0 Å². The highest BCUT2D eigenvalue weighted by Crippen LogP contribution is 2.28. The van der Waals surface area contributed by atoms with Crippen LogP contribution in [0.15, 0.2) is 27.6 Å². The number of hydrogen-bond acceptors (Lipinski definition) is 4. The quantitative estimate of drug-likeness (QED) is 0.831. The van der Waals surface area contributed by atoms with Gasteiger partial charge in [0.05, 0.1) is 10.5 Å². The molecule has 1 saturated heterocycles. The number of rotatable bonds is 4. The second-order valence-corrected chi connectivity index (χ2v) is 7.77. The Morgan fingerprint density at radius 2 is 2.00 bits per heavy atom. The van der Waals surface area contributed by atoms with E-state index in [1.54, 1.807) is 7.05 Å². The lowest BCUT2D eigenvalue weighted by Crippen LogP contribution is -2.43. The Balaban J connectivity index is 2.38. The van der Waals surface area contributed by atoms with Gasteiger partial charge < -0.3 is 10.4 Å². The van der Waals surface area contributed by atoms with Gasteiger partial charge in [-0.25, -0.2) is 13.2 Å². The molecule has 1 aliphatic rings. The van der Waals surface area contributed by atoms with E-state index in [2.05, 4.69) is 21.2 Å². The van der Waals surface area contributed by atoms with Gasteiger partial charge in [0, 0.05) is 17.6 Å². The zero-order valence-corrected chi connectivity index (χ0v) is 13.9. The van der Waals surface area contributed by atoms with Crippen molar-refractivity contribution >= 4 is 31.9 Å². The average molecular weight is 377 g/mol. The van der Waals surface area contributed by atoms with Crippen LogP contribution >= 0.6 is 15.9 Å². The first kappa shape index (κ1) is 16.4. The maximum Gasteiger partial charge on any atom is 0.335 e. The van der Waals surface area contributed by atoms with Crippen molar-refractivity contribution in [3.63, 3.8) is 0 Å². The van der Waals surface area contributed by atoms with Crippen LogP contribution in [0.25, 0.3) is 0 Å². The molecule has 0 aromatic heterocycles. The van der Waals surface area contributed by atoms with Crippen LogP contribution in [0.1, 0.15) is 23.2 Å². The minimum Gasteiger partial charge on any atom is -0.478 e. The maximum atomic E-state index is 12.7. The summed E-state index contributed by atoms with van der Waals surface area (Å²) in [5, 5.41) is 12.2. The van der Waals surface area contributed by atoms with Gasteiger partial charge in [-0.05, 0) is 60.1 Å². The first-order chi connectivity index (χ1) is 9.84. The number of piperidine rings is 1. The molecule has 1 heterocycles. The van der Waals surface area contributed by atoms with E-state index >= 15 is 0 Å². The molecule has 21 heavy (non-hydrogen) atoms. The third-order valence-electron chi connectivity index (χ3n) is 3.66. The molecule has 0 amide bonds. The van der Waals surface area contributed by atoms with E-state index in [9.17, 15) is 13.2 Å². The molecule has 0 aliphatic carbocycles. The minimum atomic E-state index is -3.73. The number of nitrogens with zero attached hydrogens (tertiary/aromatic N) is 1. The molecule has 2 rings (SSSR count). The standard InChI is InChI=1S/C13H17BrN2O4S/c1-16(10-4-6-15-7-5-10)21(19,20)12-8-9(13(17)18)2-3-11(12)14/h2-3,8,10,15H,4-7H2,1H3,(H,17,18). The van der Waals surface area contributed by atoms with Crippen LogP contribution in [0, 0.1) is 0 Å². The van der Waals surface area contributed by atoms with Gasteiger partial charge in [0.25, 0.3) is 0 Å². The van der Waals surface area contributed by atoms with Crippen molar-refractivity contribution in [2.24, 2.45) is 0 Å². The molecule has 1 fully saturated rings. The number of carboxylic acids is 1. The van der Waals surface area contributed by atoms with Crippen LogP contribution < -0.4 is 5.32 Å². The van der Waals surface area contributed by atoms with E-state index in [4.69, 9.17) is 5.11 Å². The zero-order chi connectivity index (χ0) is 15.6. The number of benzene rings is 1. The summed E-state index contributed by atoms with van der Waals surface area (Å²) in [5.74, 6) is -1.15. The molecule has 1 aromatic rings. The number of aromatic carboxylic acids is 1. The molecule has 116 valence electrons. The first-order valence-corrected chi connectivity index (χ1v) is 8.79. The van der Waals surface area contributed by atoms with Gasteiger partial charge in [-0.15, -0.1) is 0 Å². The third-order valence-corrected chi connectivity index (χ3v) is 6.56. The third kappa shape index (κ3) is 3.45. The molecule has 2 N–H and O–H groups in total.